The summed E-state index contributed by atoms with van der Waals surface area (Å²) < 4.78 is 5.20. The van der Waals surface area contributed by atoms with E-state index in [1.165, 1.54) is 0 Å². The molecule has 1 aliphatic rings. The molecule has 0 bridgehead atoms. The molecule has 1 fully saturated rings. The van der Waals surface area contributed by atoms with Crippen LogP contribution in [0.25, 0.3) is 0 Å². The summed E-state index contributed by atoms with van der Waals surface area (Å²) in [7, 11) is 0. The standard InChI is InChI=1S/C8H16N2O2/c1-8(11)9-2-3-10-4-6-12-7-5-10/h2-7H2,1H3,(H,9,11). The quantitative estimate of drug-likeness (QED) is 0.621. The van der Waals surface area contributed by atoms with E-state index in [1.54, 1.807) is 6.92 Å². The largest absolute Gasteiger partial charge is 0.379 e. The summed E-state index contributed by atoms with van der Waals surface area (Å²) in [5.41, 5.74) is 0. The fourth-order valence-corrected chi connectivity index (χ4v) is 1.21. The Morgan fingerprint density at radius 3 is 2.75 bits per heavy atom. The third-order valence-electron chi connectivity index (χ3n) is 1.91. The molecule has 1 aliphatic heterocycles. The van der Waals surface area contributed by atoms with E-state index in [-0.39, 0.29) is 5.91 Å². The van der Waals surface area contributed by atoms with Crippen molar-refractivity contribution in [1.82, 2.24) is 10.2 Å². The minimum atomic E-state index is 0.0447. The number of amides is 1. The van der Waals surface area contributed by atoms with E-state index < -0.39 is 0 Å². The van der Waals surface area contributed by atoms with Crippen molar-refractivity contribution in [2.24, 2.45) is 0 Å². The normalized spacial score (nSPS) is 19.1. The lowest BCUT2D eigenvalue weighted by molar-refractivity contribution is -0.119. The molecule has 70 valence electrons. The van der Waals surface area contributed by atoms with Crippen LogP contribution in [0.3, 0.4) is 0 Å². The topological polar surface area (TPSA) is 41.6 Å². The van der Waals surface area contributed by atoms with Gasteiger partial charge >= 0.3 is 0 Å². The first-order valence-electron chi connectivity index (χ1n) is 4.33. The number of nitrogens with zero attached hydrogens (tertiary/aromatic N) is 1. The Balaban J connectivity index is 2.01. The average molecular weight is 172 g/mol. The van der Waals surface area contributed by atoms with Gasteiger partial charge in [0.1, 0.15) is 0 Å². The minimum absolute atomic E-state index is 0.0447. The maximum Gasteiger partial charge on any atom is 0.216 e. The zero-order valence-corrected chi connectivity index (χ0v) is 7.51. The number of morpholine rings is 1. The van der Waals surface area contributed by atoms with Gasteiger partial charge in [0.2, 0.25) is 5.91 Å². The average Bonchev–Trinajstić information content (AvgIpc) is 2.05. The van der Waals surface area contributed by atoms with Gasteiger partial charge in [0.15, 0.2) is 0 Å². The number of carbonyl (C=O) groups is 1. The summed E-state index contributed by atoms with van der Waals surface area (Å²) in [4.78, 5) is 12.8. The molecule has 0 radical (unpaired) electrons. The van der Waals surface area contributed by atoms with E-state index in [9.17, 15) is 4.79 Å². The molecule has 0 aromatic heterocycles. The third-order valence-corrected chi connectivity index (χ3v) is 1.91. The van der Waals surface area contributed by atoms with Crippen LogP contribution in [0.4, 0.5) is 0 Å². The highest BCUT2D eigenvalue weighted by Gasteiger charge is 2.08. The van der Waals surface area contributed by atoms with E-state index in [1.807, 2.05) is 0 Å². The van der Waals surface area contributed by atoms with Gasteiger partial charge in [-0.1, -0.05) is 0 Å². The van der Waals surface area contributed by atoms with Crippen molar-refractivity contribution in [3.63, 3.8) is 0 Å². The van der Waals surface area contributed by atoms with E-state index in [0.717, 1.165) is 39.4 Å². The van der Waals surface area contributed by atoms with Crippen LogP contribution in [0.5, 0.6) is 0 Å². The third kappa shape index (κ3) is 3.69. The van der Waals surface area contributed by atoms with Crippen molar-refractivity contribution in [2.45, 2.75) is 6.92 Å². The van der Waals surface area contributed by atoms with Gasteiger partial charge in [0, 0.05) is 33.1 Å². The Hall–Kier alpha value is -0.610. The van der Waals surface area contributed by atoms with Crippen molar-refractivity contribution in [1.29, 1.82) is 0 Å². The number of ether oxygens (including phenoxy) is 1. The van der Waals surface area contributed by atoms with Crippen LogP contribution in [-0.2, 0) is 9.53 Å². The van der Waals surface area contributed by atoms with Crippen molar-refractivity contribution >= 4 is 5.91 Å². The summed E-state index contributed by atoms with van der Waals surface area (Å²) in [5, 5.41) is 2.77. The van der Waals surface area contributed by atoms with Crippen LogP contribution >= 0.6 is 0 Å². The van der Waals surface area contributed by atoms with Gasteiger partial charge < -0.3 is 10.1 Å². The van der Waals surface area contributed by atoms with E-state index in [0.29, 0.717) is 0 Å². The zero-order valence-electron chi connectivity index (χ0n) is 7.51. The number of hydrogen-bond acceptors (Lipinski definition) is 3. The van der Waals surface area contributed by atoms with E-state index in [2.05, 4.69) is 10.2 Å². The van der Waals surface area contributed by atoms with Crippen LogP contribution in [0.15, 0.2) is 0 Å². The Morgan fingerprint density at radius 1 is 1.50 bits per heavy atom. The molecular formula is C8H16N2O2. The molecule has 0 unspecified atom stereocenters. The Labute approximate surface area is 72.9 Å². The second-order valence-corrected chi connectivity index (χ2v) is 2.94. The fraction of sp³-hybridized carbons (Fsp3) is 0.875. The summed E-state index contributed by atoms with van der Waals surface area (Å²) >= 11 is 0. The molecule has 4 heteroatoms. The Kier molecular flexibility index (Phi) is 4.04. The number of hydrogen-bond donors (Lipinski definition) is 1. The molecule has 0 aromatic rings. The molecule has 1 N–H and O–H groups in total. The highest BCUT2D eigenvalue weighted by molar-refractivity contribution is 5.72. The van der Waals surface area contributed by atoms with Crippen molar-refractivity contribution < 1.29 is 9.53 Å². The predicted molar refractivity (Wildman–Crippen MR) is 45.9 cm³/mol. The lowest BCUT2D eigenvalue weighted by Crippen LogP contribution is -2.40. The molecule has 0 saturated carbocycles. The van der Waals surface area contributed by atoms with Crippen LogP contribution < -0.4 is 5.32 Å². The Morgan fingerprint density at radius 2 is 2.17 bits per heavy atom. The first kappa shape index (κ1) is 9.48. The molecule has 1 saturated heterocycles. The van der Waals surface area contributed by atoms with Crippen molar-refractivity contribution in [3.05, 3.63) is 0 Å². The van der Waals surface area contributed by atoms with Crippen molar-refractivity contribution in [2.75, 3.05) is 39.4 Å². The molecule has 1 rings (SSSR count). The van der Waals surface area contributed by atoms with Gasteiger partial charge in [-0.15, -0.1) is 0 Å². The van der Waals surface area contributed by atoms with Crippen molar-refractivity contribution in [3.8, 4) is 0 Å². The number of carbonyl (C=O) groups excluding carboxylic acids is 1. The van der Waals surface area contributed by atoms with Gasteiger partial charge in [-0.05, 0) is 0 Å². The molecule has 0 aromatic carbocycles. The van der Waals surface area contributed by atoms with E-state index in [4.69, 9.17) is 4.74 Å². The molecule has 12 heavy (non-hydrogen) atoms. The second kappa shape index (κ2) is 5.11. The van der Waals surface area contributed by atoms with Gasteiger partial charge in [-0.25, -0.2) is 0 Å². The van der Waals surface area contributed by atoms with Crippen LogP contribution in [0.1, 0.15) is 6.92 Å². The monoisotopic (exact) mass is 172 g/mol. The molecular weight excluding hydrogens is 156 g/mol. The van der Waals surface area contributed by atoms with Gasteiger partial charge in [-0.2, -0.15) is 0 Å². The van der Waals surface area contributed by atoms with Crippen LogP contribution in [-0.4, -0.2) is 50.2 Å². The minimum Gasteiger partial charge on any atom is -0.379 e. The zero-order chi connectivity index (χ0) is 8.81. The number of rotatable bonds is 3. The molecule has 1 heterocycles. The molecule has 0 aliphatic carbocycles. The fourth-order valence-electron chi connectivity index (χ4n) is 1.21. The van der Waals surface area contributed by atoms with Gasteiger partial charge in [-0.3, -0.25) is 9.69 Å². The summed E-state index contributed by atoms with van der Waals surface area (Å²) in [5.74, 6) is 0.0447. The molecule has 4 nitrogen and oxygen atoms in total. The van der Waals surface area contributed by atoms with Crippen LogP contribution in [0, 0.1) is 0 Å². The SMILES string of the molecule is CC(=O)NCCN1CCOCC1. The highest BCUT2D eigenvalue weighted by atomic mass is 16.5. The summed E-state index contributed by atoms with van der Waals surface area (Å²) in [6, 6.07) is 0. The Bertz CT molecular complexity index is 144. The highest BCUT2D eigenvalue weighted by Crippen LogP contribution is 1.94. The maximum atomic E-state index is 10.5. The molecule has 0 spiro atoms. The first-order chi connectivity index (χ1) is 5.79. The molecule has 0 atom stereocenters. The van der Waals surface area contributed by atoms with Crippen LogP contribution in [0.2, 0.25) is 0 Å². The predicted octanol–water partition coefficient (Wildman–Crippen LogP) is -0.545. The molecule has 1 amide bonds. The van der Waals surface area contributed by atoms with E-state index >= 15 is 0 Å². The lowest BCUT2D eigenvalue weighted by Gasteiger charge is -2.26. The number of nitrogens with one attached hydrogen (secondary N) is 1. The maximum absolute atomic E-state index is 10.5. The first-order valence-corrected chi connectivity index (χ1v) is 4.33. The summed E-state index contributed by atoms with van der Waals surface area (Å²) in [6.07, 6.45) is 0. The lowest BCUT2D eigenvalue weighted by atomic mass is 10.4. The smallest absolute Gasteiger partial charge is 0.216 e. The summed E-state index contributed by atoms with van der Waals surface area (Å²) in [6.45, 7) is 6.83. The van der Waals surface area contributed by atoms with Gasteiger partial charge in [0.05, 0.1) is 13.2 Å². The second-order valence-electron chi connectivity index (χ2n) is 2.94. The van der Waals surface area contributed by atoms with Gasteiger partial charge in [0.25, 0.3) is 0 Å².